The zero-order chi connectivity index (χ0) is 15.8. The van der Waals surface area contributed by atoms with Crippen molar-refractivity contribution in [1.29, 1.82) is 0 Å². The van der Waals surface area contributed by atoms with Crippen LogP contribution in [0.5, 0.6) is 0 Å². The van der Waals surface area contributed by atoms with Crippen LogP contribution in [0.1, 0.15) is 5.56 Å². The van der Waals surface area contributed by atoms with Gasteiger partial charge in [-0.05, 0) is 36.8 Å². The third-order valence-corrected chi connectivity index (χ3v) is 4.60. The molecule has 112 valence electrons. The highest BCUT2D eigenvalue weighted by molar-refractivity contribution is 7.92. The number of nitrogens with one attached hydrogen (secondary N) is 1. The molecule has 0 saturated heterocycles. The monoisotopic (exact) mass is 332 g/mol. The van der Waals surface area contributed by atoms with Crippen LogP contribution < -0.4 is 10.5 Å². The summed E-state index contributed by atoms with van der Waals surface area (Å²) in [5, 5.41) is -0.143. The summed E-state index contributed by atoms with van der Waals surface area (Å²) in [7, 11) is -4.24. The van der Waals surface area contributed by atoms with E-state index in [0.717, 1.165) is 12.1 Å². The van der Waals surface area contributed by atoms with Gasteiger partial charge in [0.15, 0.2) is 5.82 Å². The Morgan fingerprint density at radius 1 is 1.19 bits per heavy atom. The van der Waals surface area contributed by atoms with Crippen LogP contribution in [0, 0.1) is 18.6 Å². The number of hydrogen-bond donors (Lipinski definition) is 2. The Bertz CT molecular complexity index is 810. The fourth-order valence-corrected chi connectivity index (χ4v) is 3.30. The molecule has 0 atom stereocenters. The molecule has 0 radical (unpaired) electrons. The van der Waals surface area contributed by atoms with E-state index in [2.05, 4.69) is 0 Å². The van der Waals surface area contributed by atoms with E-state index in [1.807, 2.05) is 4.72 Å². The van der Waals surface area contributed by atoms with Crippen LogP contribution >= 0.6 is 11.6 Å². The minimum Gasteiger partial charge on any atom is -0.399 e. The van der Waals surface area contributed by atoms with Crippen LogP contribution in [0.4, 0.5) is 20.2 Å². The third kappa shape index (κ3) is 3.08. The summed E-state index contributed by atoms with van der Waals surface area (Å²) in [4.78, 5) is -0.321. The lowest BCUT2D eigenvalue weighted by atomic mass is 10.2. The Balaban J connectivity index is 2.50. The van der Waals surface area contributed by atoms with Gasteiger partial charge in [0, 0.05) is 5.69 Å². The molecule has 2 rings (SSSR count). The van der Waals surface area contributed by atoms with E-state index in [9.17, 15) is 17.2 Å². The second kappa shape index (κ2) is 5.50. The second-order valence-corrected chi connectivity index (χ2v) is 6.41. The number of hydrogen-bond acceptors (Lipinski definition) is 3. The van der Waals surface area contributed by atoms with E-state index in [1.165, 1.54) is 25.1 Å². The van der Waals surface area contributed by atoms with Crippen molar-refractivity contribution in [2.24, 2.45) is 0 Å². The molecule has 0 heterocycles. The maximum atomic E-state index is 13.9. The van der Waals surface area contributed by atoms with E-state index < -0.39 is 27.3 Å². The van der Waals surface area contributed by atoms with Crippen molar-refractivity contribution in [2.45, 2.75) is 11.8 Å². The van der Waals surface area contributed by atoms with E-state index in [0.29, 0.717) is 0 Å². The molecule has 0 aromatic heterocycles. The number of nitrogens with two attached hydrogens (primary N) is 1. The van der Waals surface area contributed by atoms with Gasteiger partial charge in [-0.3, -0.25) is 4.72 Å². The van der Waals surface area contributed by atoms with E-state index in [1.54, 1.807) is 0 Å². The van der Waals surface area contributed by atoms with Crippen molar-refractivity contribution < 1.29 is 17.2 Å². The van der Waals surface area contributed by atoms with Gasteiger partial charge in [-0.15, -0.1) is 0 Å². The normalized spacial score (nSPS) is 11.4. The van der Waals surface area contributed by atoms with Gasteiger partial charge in [-0.2, -0.15) is 0 Å². The van der Waals surface area contributed by atoms with Crippen LogP contribution in [0.2, 0.25) is 5.02 Å². The van der Waals surface area contributed by atoms with Gasteiger partial charge in [0.05, 0.1) is 5.02 Å². The number of benzene rings is 2. The summed E-state index contributed by atoms with van der Waals surface area (Å²) in [6.45, 7) is 1.39. The summed E-state index contributed by atoms with van der Waals surface area (Å²) in [6.07, 6.45) is 0. The molecule has 0 fully saturated rings. The molecule has 0 aliphatic carbocycles. The zero-order valence-electron chi connectivity index (χ0n) is 10.8. The number of anilines is 2. The first kappa shape index (κ1) is 15.5. The molecular weight excluding hydrogens is 322 g/mol. The highest BCUT2D eigenvalue weighted by atomic mass is 35.5. The average Bonchev–Trinajstić information content (AvgIpc) is 2.39. The SMILES string of the molecule is Cc1ccc(F)c(NS(=O)(=O)c2ccc(N)cc2Cl)c1F. The molecule has 0 bridgehead atoms. The maximum absolute atomic E-state index is 13.9. The molecule has 2 aromatic carbocycles. The minimum atomic E-state index is -4.24. The topological polar surface area (TPSA) is 72.2 Å². The molecule has 21 heavy (non-hydrogen) atoms. The van der Waals surface area contributed by atoms with Crippen LogP contribution in [0.25, 0.3) is 0 Å². The first-order chi connectivity index (χ1) is 9.72. The zero-order valence-corrected chi connectivity index (χ0v) is 12.4. The quantitative estimate of drug-likeness (QED) is 0.847. The molecule has 0 amide bonds. The van der Waals surface area contributed by atoms with Gasteiger partial charge in [-0.25, -0.2) is 17.2 Å². The Labute approximate surface area is 125 Å². The van der Waals surface area contributed by atoms with Crippen molar-refractivity contribution in [3.8, 4) is 0 Å². The fraction of sp³-hybridized carbons (Fsp3) is 0.0769. The van der Waals surface area contributed by atoms with Crippen molar-refractivity contribution >= 4 is 33.0 Å². The molecule has 0 saturated carbocycles. The van der Waals surface area contributed by atoms with Crippen LogP contribution in [-0.4, -0.2) is 8.42 Å². The van der Waals surface area contributed by atoms with Crippen LogP contribution in [-0.2, 0) is 10.0 Å². The largest absolute Gasteiger partial charge is 0.399 e. The predicted octanol–water partition coefficient (Wildman–Crippen LogP) is 3.31. The Morgan fingerprint density at radius 3 is 2.48 bits per heavy atom. The van der Waals surface area contributed by atoms with Crippen LogP contribution in [0.15, 0.2) is 35.2 Å². The van der Waals surface area contributed by atoms with Gasteiger partial charge in [0.1, 0.15) is 16.4 Å². The molecule has 0 aliphatic rings. The molecular formula is C13H11ClF2N2O2S. The first-order valence-corrected chi connectivity index (χ1v) is 7.61. The number of halogens is 3. The lowest BCUT2D eigenvalue weighted by Gasteiger charge is -2.12. The lowest BCUT2D eigenvalue weighted by Crippen LogP contribution is -2.16. The summed E-state index contributed by atoms with van der Waals surface area (Å²) >= 11 is 5.80. The van der Waals surface area contributed by atoms with E-state index in [4.69, 9.17) is 17.3 Å². The summed E-state index contributed by atoms with van der Waals surface area (Å²) in [6, 6.07) is 5.90. The highest BCUT2D eigenvalue weighted by Crippen LogP contribution is 2.28. The molecule has 0 unspecified atom stereocenters. The Morgan fingerprint density at radius 2 is 1.86 bits per heavy atom. The fourth-order valence-electron chi connectivity index (χ4n) is 1.67. The minimum absolute atomic E-state index is 0.109. The van der Waals surface area contributed by atoms with Crippen molar-refractivity contribution in [3.05, 3.63) is 52.6 Å². The maximum Gasteiger partial charge on any atom is 0.263 e. The van der Waals surface area contributed by atoms with Gasteiger partial charge in [0.2, 0.25) is 0 Å². The average molecular weight is 333 g/mol. The number of sulfonamides is 1. The van der Waals surface area contributed by atoms with Crippen molar-refractivity contribution in [2.75, 3.05) is 10.5 Å². The number of rotatable bonds is 3. The van der Waals surface area contributed by atoms with Crippen LogP contribution in [0.3, 0.4) is 0 Å². The van der Waals surface area contributed by atoms with Gasteiger partial charge < -0.3 is 5.73 Å². The third-order valence-electron chi connectivity index (χ3n) is 2.77. The molecule has 0 aliphatic heterocycles. The van der Waals surface area contributed by atoms with Crippen molar-refractivity contribution in [3.63, 3.8) is 0 Å². The first-order valence-electron chi connectivity index (χ1n) is 5.75. The van der Waals surface area contributed by atoms with Gasteiger partial charge >= 0.3 is 0 Å². The highest BCUT2D eigenvalue weighted by Gasteiger charge is 2.22. The lowest BCUT2D eigenvalue weighted by molar-refractivity contribution is 0.579. The van der Waals surface area contributed by atoms with Crippen molar-refractivity contribution in [1.82, 2.24) is 0 Å². The van der Waals surface area contributed by atoms with Gasteiger partial charge in [0.25, 0.3) is 10.0 Å². The molecule has 8 heteroatoms. The van der Waals surface area contributed by atoms with E-state index >= 15 is 0 Å². The number of nitrogen functional groups attached to an aromatic ring is 1. The second-order valence-electron chi connectivity index (χ2n) is 4.35. The van der Waals surface area contributed by atoms with E-state index in [-0.39, 0.29) is 21.2 Å². The molecule has 3 N–H and O–H groups in total. The molecule has 2 aromatic rings. The summed E-state index contributed by atoms with van der Waals surface area (Å²) in [5.74, 6) is -2.00. The van der Waals surface area contributed by atoms with Gasteiger partial charge in [-0.1, -0.05) is 17.7 Å². The predicted molar refractivity (Wildman–Crippen MR) is 77.8 cm³/mol. The Hall–Kier alpha value is -1.86. The molecule has 4 nitrogen and oxygen atoms in total. The molecule has 0 spiro atoms. The summed E-state index contributed by atoms with van der Waals surface area (Å²) < 4.78 is 53.7. The Kier molecular flexibility index (Phi) is 4.06. The number of aryl methyl sites for hydroxylation is 1. The standard InChI is InChI=1S/C13H11ClF2N2O2S/c1-7-2-4-10(15)13(12(7)16)18-21(19,20)11-5-3-8(17)6-9(11)14/h2-6,18H,17H2,1H3. The smallest absolute Gasteiger partial charge is 0.263 e. The summed E-state index contributed by atoms with van der Waals surface area (Å²) in [5.41, 5.74) is 5.10.